The molecule has 0 aromatic heterocycles. The summed E-state index contributed by atoms with van der Waals surface area (Å²) in [4.78, 5) is 37.8. The van der Waals surface area contributed by atoms with Gasteiger partial charge in [-0.3, -0.25) is 14.4 Å². The van der Waals surface area contributed by atoms with E-state index in [1.54, 1.807) is 49.4 Å². The lowest BCUT2D eigenvalue weighted by molar-refractivity contribution is -0.157. The molecule has 1 atom stereocenters. The Morgan fingerprint density at radius 1 is 0.976 bits per heavy atom. The summed E-state index contributed by atoms with van der Waals surface area (Å²) in [6.07, 6.45) is 9.99. The molecule has 0 bridgehead atoms. The average Bonchev–Trinajstić information content (AvgIpc) is 2.89. The van der Waals surface area contributed by atoms with Gasteiger partial charge in [0.05, 0.1) is 12.8 Å². The fourth-order valence-electron chi connectivity index (χ4n) is 4.61. The first-order chi connectivity index (χ1) is 19.4. The van der Waals surface area contributed by atoms with Crippen LogP contribution in [-0.4, -0.2) is 34.0 Å². The molecule has 2 aromatic carbocycles. The molecule has 2 N–H and O–H groups in total. The van der Waals surface area contributed by atoms with E-state index in [4.69, 9.17) is 9.47 Å². The highest BCUT2D eigenvalue weighted by Gasteiger charge is 2.39. The minimum atomic E-state index is -0.903. The van der Waals surface area contributed by atoms with E-state index in [1.807, 2.05) is 39.0 Å². The summed E-state index contributed by atoms with van der Waals surface area (Å²) in [5.74, 6) is -1.23. The van der Waals surface area contributed by atoms with Gasteiger partial charge >= 0.3 is 11.9 Å². The van der Waals surface area contributed by atoms with Crippen LogP contribution < -0.4 is 4.74 Å². The third-order valence-corrected chi connectivity index (χ3v) is 6.70. The summed E-state index contributed by atoms with van der Waals surface area (Å²) in [5.41, 5.74) is 3.50. The normalized spacial score (nSPS) is 17.2. The Bertz CT molecular complexity index is 1420. The summed E-state index contributed by atoms with van der Waals surface area (Å²) >= 11 is 0. The number of esters is 2. The van der Waals surface area contributed by atoms with Crippen molar-refractivity contribution in [2.75, 3.05) is 0 Å². The number of ketones is 1. The first-order valence-electron chi connectivity index (χ1n) is 13.3. The highest BCUT2D eigenvalue weighted by molar-refractivity contribution is 6.01. The lowest BCUT2D eigenvalue weighted by atomic mass is 9.71. The SMILES string of the molecule is C=CC=C(C)C=CC1=C(C)C(=O)C(OC(=O)CCC(=O)Oc2ccc(C=Cc3cc(O)cc(O)c3)cc2)CC1(C)C. The summed E-state index contributed by atoms with van der Waals surface area (Å²) in [7, 11) is 0. The molecule has 0 radical (unpaired) electrons. The monoisotopic (exact) mass is 556 g/mol. The van der Waals surface area contributed by atoms with Gasteiger partial charge in [-0.05, 0) is 65.8 Å². The predicted octanol–water partition coefficient (Wildman–Crippen LogP) is 6.87. The molecule has 7 nitrogen and oxygen atoms in total. The molecule has 2 aromatic rings. The first-order valence-corrected chi connectivity index (χ1v) is 13.3. The lowest BCUT2D eigenvalue weighted by Gasteiger charge is -2.36. The number of hydrogen-bond donors (Lipinski definition) is 2. The van der Waals surface area contributed by atoms with Gasteiger partial charge in [-0.25, -0.2) is 0 Å². The molecule has 41 heavy (non-hydrogen) atoms. The Morgan fingerprint density at radius 3 is 2.22 bits per heavy atom. The first kappa shape index (κ1) is 30.9. The Labute approximate surface area is 240 Å². The number of rotatable bonds is 10. The maximum Gasteiger partial charge on any atom is 0.311 e. The molecule has 0 aliphatic heterocycles. The lowest BCUT2D eigenvalue weighted by Crippen LogP contribution is -2.39. The van der Waals surface area contributed by atoms with Gasteiger partial charge in [0.2, 0.25) is 0 Å². The largest absolute Gasteiger partial charge is 0.508 e. The number of phenolic OH excluding ortho intramolecular Hbond substituents is 2. The molecule has 0 amide bonds. The third-order valence-electron chi connectivity index (χ3n) is 6.70. The van der Waals surface area contributed by atoms with Crippen LogP contribution in [0, 0.1) is 5.41 Å². The highest BCUT2D eigenvalue weighted by atomic mass is 16.5. The van der Waals surface area contributed by atoms with E-state index >= 15 is 0 Å². The van der Waals surface area contributed by atoms with E-state index in [0.29, 0.717) is 23.3 Å². The number of carbonyl (C=O) groups excluding carboxylic acids is 3. The minimum Gasteiger partial charge on any atom is -0.508 e. The van der Waals surface area contributed by atoms with Crippen molar-refractivity contribution >= 4 is 29.9 Å². The van der Waals surface area contributed by atoms with E-state index in [-0.39, 0.29) is 30.1 Å². The molecule has 1 aliphatic carbocycles. The van der Waals surface area contributed by atoms with Crippen LogP contribution in [0.2, 0.25) is 0 Å². The number of aromatic hydroxyl groups is 2. The van der Waals surface area contributed by atoms with Crippen molar-refractivity contribution in [1.82, 2.24) is 0 Å². The number of phenols is 2. The number of benzene rings is 2. The molecule has 3 rings (SSSR count). The van der Waals surface area contributed by atoms with Gasteiger partial charge in [-0.2, -0.15) is 0 Å². The van der Waals surface area contributed by atoms with Gasteiger partial charge in [0.15, 0.2) is 11.9 Å². The second kappa shape index (κ2) is 13.6. The molecular weight excluding hydrogens is 520 g/mol. The van der Waals surface area contributed by atoms with Gasteiger partial charge in [0.25, 0.3) is 0 Å². The zero-order valence-corrected chi connectivity index (χ0v) is 23.8. The summed E-state index contributed by atoms with van der Waals surface area (Å²) in [5, 5.41) is 19.2. The van der Waals surface area contributed by atoms with Crippen LogP contribution >= 0.6 is 0 Å². The highest BCUT2D eigenvalue weighted by Crippen LogP contribution is 2.41. The van der Waals surface area contributed by atoms with Crippen LogP contribution in [0.4, 0.5) is 0 Å². The van der Waals surface area contributed by atoms with Crippen LogP contribution in [0.15, 0.2) is 90.1 Å². The molecule has 0 fully saturated rings. The smallest absolute Gasteiger partial charge is 0.311 e. The van der Waals surface area contributed by atoms with Crippen LogP contribution in [0.3, 0.4) is 0 Å². The molecule has 1 unspecified atom stereocenters. The van der Waals surface area contributed by atoms with Gasteiger partial charge in [-0.15, -0.1) is 0 Å². The number of carbonyl (C=O) groups is 3. The summed E-state index contributed by atoms with van der Waals surface area (Å²) in [6, 6.07) is 11.0. The molecule has 0 spiro atoms. The van der Waals surface area contributed by atoms with Gasteiger partial charge in [0, 0.05) is 12.5 Å². The van der Waals surface area contributed by atoms with Crippen molar-refractivity contribution < 1.29 is 34.1 Å². The summed E-state index contributed by atoms with van der Waals surface area (Å²) < 4.78 is 10.8. The number of hydrogen-bond acceptors (Lipinski definition) is 7. The van der Waals surface area contributed by atoms with E-state index in [2.05, 4.69) is 6.58 Å². The van der Waals surface area contributed by atoms with Crippen molar-refractivity contribution in [2.45, 2.75) is 53.1 Å². The zero-order chi connectivity index (χ0) is 30.2. The molecule has 0 heterocycles. The summed E-state index contributed by atoms with van der Waals surface area (Å²) in [6.45, 7) is 11.4. The van der Waals surface area contributed by atoms with E-state index in [1.165, 1.54) is 18.2 Å². The Kier molecular flexibility index (Phi) is 10.3. The van der Waals surface area contributed by atoms with Crippen LogP contribution in [-0.2, 0) is 19.1 Å². The number of ether oxygens (including phenoxy) is 2. The Balaban J connectivity index is 1.52. The number of Topliss-reactive ketones (excluding diaryl/α,β-unsaturated/α-hetero) is 1. The molecule has 1 aliphatic rings. The number of allylic oxidation sites excluding steroid dienone is 6. The van der Waals surface area contributed by atoms with Crippen LogP contribution in [0.1, 0.15) is 58.1 Å². The van der Waals surface area contributed by atoms with Crippen molar-refractivity contribution in [3.05, 3.63) is 101 Å². The quantitative estimate of drug-likeness (QED) is 0.142. The van der Waals surface area contributed by atoms with Gasteiger partial charge < -0.3 is 19.7 Å². The zero-order valence-electron chi connectivity index (χ0n) is 23.8. The second-order valence-corrected chi connectivity index (χ2v) is 10.6. The van der Waals surface area contributed by atoms with Crippen molar-refractivity contribution in [3.63, 3.8) is 0 Å². The van der Waals surface area contributed by atoms with Gasteiger partial charge in [-0.1, -0.05) is 74.6 Å². The van der Waals surface area contributed by atoms with E-state index in [0.717, 1.165) is 16.7 Å². The second-order valence-electron chi connectivity index (χ2n) is 10.6. The van der Waals surface area contributed by atoms with Crippen molar-refractivity contribution in [3.8, 4) is 17.2 Å². The average molecular weight is 557 g/mol. The van der Waals surface area contributed by atoms with Gasteiger partial charge in [0.1, 0.15) is 17.2 Å². The van der Waals surface area contributed by atoms with E-state index < -0.39 is 23.5 Å². The van der Waals surface area contributed by atoms with Crippen molar-refractivity contribution in [1.29, 1.82) is 0 Å². The van der Waals surface area contributed by atoms with E-state index in [9.17, 15) is 24.6 Å². The molecule has 7 heteroatoms. The minimum absolute atomic E-state index is 0.0399. The maximum atomic E-state index is 13.0. The predicted molar refractivity (Wildman–Crippen MR) is 159 cm³/mol. The van der Waals surface area contributed by atoms with Crippen LogP contribution in [0.5, 0.6) is 17.2 Å². The van der Waals surface area contributed by atoms with Crippen LogP contribution in [0.25, 0.3) is 12.2 Å². The molecule has 0 saturated carbocycles. The molecule has 0 saturated heterocycles. The fraction of sp³-hybridized carbons (Fsp3) is 0.265. The third kappa shape index (κ3) is 8.93. The molecule has 214 valence electrons. The standard InChI is InChI=1S/C34H36O7/c1-6-7-22(2)8-15-29-23(3)33(39)30(21-34(29,4)5)41-32(38)17-16-31(37)40-28-13-11-24(12-14-28)9-10-25-18-26(35)20-27(36)19-25/h6-15,18-20,30,35-36H,1,16-17,21H2,2-5H3. The molecular formula is C34H36O7. The fourth-order valence-corrected chi connectivity index (χ4v) is 4.61. The van der Waals surface area contributed by atoms with Crippen molar-refractivity contribution in [2.24, 2.45) is 5.41 Å². The topological polar surface area (TPSA) is 110 Å². The Morgan fingerprint density at radius 2 is 1.59 bits per heavy atom. The Hall–Kier alpha value is -4.65. The maximum absolute atomic E-state index is 13.0.